The molecule has 2 fully saturated rings. The van der Waals surface area contributed by atoms with Crippen molar-refractivity contribution in [3.63, 3.8) is 0 Å². The number of Topliss-reactive ketones (excluding diaryl/α,β-unsaturated/α-hetero) is 1. The van der Waals surface area contributed by atoms with Crippen molar-refractivity contribution in [3.8, 4) is 0 Å². The molecule has 2 atom stereocenters. The second-order valence-electron chi connectivity index (χ2n) is 11.2. The van der Waals surface area contributed by atoms with Gasteiger partial charge in [-0.25, -0.2) is 19.2 Å². The van der Waals surface area contributed by atoms with Gasteiger partial charge in [-0.05, 0) is 57.0 Å². The predicted molar refractivity (Wildman–Crippen MR) is 167 cm³/mol. The first kappa shape index (κ1) is 36.3. The lowest BCUT2D eigenvalue weighted by Crippen LogP contribution is -2.50. The van der Waals surface area contributed by atoms with Crippen molar-refractivity contribution in [1.29, 1.82) is 0 Å². The molecule has 1 aliphatic carbocycles. The molecule has 0 aromatic heterocycles. The van der Waals surface area contributed by atoms with Gasteiger partial charge in [-0.2, -0.15) is 23.5 Å². The van der Waals surface area contributed by atoms with E-state index < -0.39 is 29.5 Å². The van der Waals surface area contributed by atoms with Crippen molar-refractivity contribution in [3.05, 3.63) is 36.5 Å². The van der Waals surface area contributed by atoms with Gasteiger partial charge in [-0.3, -0.25) is 4.79 Å². The summed E-state index contributed by atoms with van der Waals surface area (Å²) in [5.41, 5.74) is 0.402. The third-order valence-electron chi connectivity index (χ3n) is 7.09. The third-order valence-corrected chi connectivity index (χ3v) is 9.64. The van der Waals surface area contributed by atoms with Crippen LogP contribution in [-0.4, -0.2) is 92.4 Å². The fourth-order valence-electron chi connectivity index (χ4n) is 4.49. The largest absolute Gasteiger partial charge is 0.460 e. The Morgan fingerprint density at radius 2 is 1.28 bits per heavy atom. The van der Waals surface area contributed by atoms with E-state index in [0.29, 0.717) is 5.92 Å². The summed E-state index contributed by atoms with van der Waals surface area (Å²) in [4.78, 5) is 61.7. The molecule has 2 rings (SSSR count). The first-order valence-electron chi connectivity index (χ1n) is 14.2. The first-order valence-corrected chi connectivity index (χ1v) is 16.5. The van der Waals surface area contributed by atoms with Crippen LogP contribution in [0, 0.1) is 23.2 Å². The number of carbonyl (C=O) groups is 5. The van der Waals surface area contributed by atoms with Gasteiger partial charge >= 0.3 is 24.1 Å². The minimum Gasteiger partial charge on any atom is -0.460 e. The zero-order chi connectivity index (χ0) is 32.0. The molecular formula is C30H44N2O9S2. The van der Waals surface area contributed by atoms with Crippen molar-refractivity contribution in [2.75, 3.05) is 62.5 Å². The highest BCUT2D eigenvalue weighted by atomic mass is 32.2. The monoisotopic (exact) mass is 640 g/mol. The summed E-state index contributed by atoms with van der Waals surface area (Å²) in [7, 11) is 0. The Bertz CT molecular complexity index is 1020. The van der Waals surface area contributed by atoms with E-state index >= 15 is 0 Å². The zero-order valence-electron chi connectivity index (χ0n) is 25.3. The van der Waals surface area contributed by atoms with Crippen LogP contribution < -0.4 is 10.6 Å². The van der Waals surface area contributed by atoms with Gasteiger partial charge < -0.3 is 29.6 Å². The van der Waals surface area contributed by atoms with Crippen LogP contribution in [-0.2, 0) is 33.3 Å². The number of amides is 2. The molecule has 0 bridgehead atoms. The van der Waals surface area contributed by atoms with Crippen LogP contribution in [0.4, 0.5) is 9.59 Å². The average molecular weight is 641 g/mol. The fraction of sp³-hybridized carbons (Fsp3) is 0.633. The third kappa shape index (κ3) is 12.3. The van der Waals surface area contributed by atoms with Crippen molar-refractivity contribution >= 4 is 53.4 Å². The molecule has 0 aromatic rings. The van der Waals surface area contributed by atoms with E-state index in [0.717, 1.165) is 35.9 Å². The van der Waals surface area contributed by atoms with Crippen molar-refractivity contribution in [2.24, 2.45) is 23.2 Å². The smallest absolute Gasteiger partial charge is 0.407 e. The van der Waals surface area contributed by atoms with Crippen LogP contribution in [0.15, 0.2) is 36.5 Å². The van der Waals surface area contributed by atoms with Crippen LogP contribution in [0.1, 0.15) is 33.6 Å². The number of esters is 2. The summed E-state index contributed by atoms with van der Waals surface area (Å²) in [6.45, 7) is 15.0. The van der Waals surface area contributed by atoms with E-state index in [2.05, 4.69) is 30.4 Å². The summed E-state index contributed by atoms with van der Waals surface area (Å²) in [6, 6.07) is 0. The molecule has 13 heteroatoms. The zero-order valence-corrected chi connectivity index (χ0v) is 27.0. The van der Waals surface area contributed by atoms with Crippen LogP contribution in [0.3, 0.4) is 0 Å². The van der Waals surface area contributed by atoms with Crippen molar-refractivity contribution in [2.45, 2.75) is 33.6 Å². The quantitative estimate of drug-likeness (QED) is 0.0883. The molecule has 0 spiro atoms. The molecule has 2 unspecified atom stereocenters. The second-order valence-corrected chi connectivity index (χ2v) is 13.2. The number of rotatable bonds is 15. The molecule has 2 aliphatic rings. The lowest BCUT2D eigenvalue weighted by Gasteiger charge is -2.44. The van der Waals surface area contributed by atoms with Crippen LogP contribution in [0.25, 0.3) is 0 Å². The van der Waals surface area contributed by atoms with E-state index in [1.165, 1.54) is 19.4 Å². The van der Waals surface area contributed by atoms with Gasteiger partial charge in [0.05, 0.1) is 18.5 Å². The Balaban J connectivity index is 1.99. The molecule has 1 saturated heterocycles. The molecule has 11 nitrogen and oxygen atoms in total. The maximum Gasteiger partial charge on any atom is 0.407 e. The van der Waals surface area contributed by atoms with Gasteiger partial charge in [0, 0.05) is 28.6 Å². The van der Waals surface area contributed by atoms with Crippen LogP contribution in [0.2, 0.25) is 0 Å². The Morgan fingerprint density at radius 1 is 0.814 bits per heavy atom. The normalized spacial score (nSPS) is 19.0. The Labute approximate surface area is 262 Å². The van der Waals surface area contributed by atoms with Gasteiger partial charge in [0.25, 0.3) is 0 Å². The van der Waals surface area contributed by atoms with E-state index in [1.807, 2.05) is 23.5 Å². The molecule has 2 amide bonds. The number of ether oxygens (including phenoxy) is 4. The highest BCUT2D eigenvalue weighted by Crippen LogP contribution is 2.46. The maximum absolute atomic E-state index is 13.9. The number of ketones is 1. The van der Waals surface area contributed by atoms with Gasteiger partial charge in [-0.1, -0.05) is 25.3 Å². The van der Waals surface area contributed by atoms with Crippen molar-refractivity contribution < 1.29 is 42.9 Å². The number of nitrogens with one attached hydrogen (secondary N) is 2. The SMILES string of the molecule is C=C1CSCC(C2CCC2C(=O)C(C)(COC(=O)NCCOC(=O)C(=C)C)COC(=O)NCCOC(=O)C(=C)C)CSC1. The lowest BCUT2D eigenvalue weighted by molar-refractivity contribution is -0.144. The van der Waals surface area contributed by atoms with Gasteiger partial charge in [0.1, 0.15) is 32.2 Å². The molecule has 1 heterocycles. The topological polar surface area (TPSA) is 146 Å². The van der Waals surface area contributed by atoms with Gasteiger partial charge in [-0.15, -0.1) is 0 Å². The van der Waals surface area contributed by atoms with Gasteiger partial charge in [0.15, 0.2) is 0 Å². The minimum atomic E-state index is -1.30. The van der Waals surface area contributed by atoms with E-state index in [-0.39, 0.29) is 68.3 Å². The molecule has 240 valence electrons. The fourth-order valence-corrected chi connectivity index (χ4v) is 7.12. The molecule has 0 radical (unpaired) electrons. The van der Waals surface area contributed by atoms with E-state index in [4.69, 9.17) is 18.9 Å². The molecular weight excluding hydrogens is 596 g/mol. The Kier molecular flexibility index (Phi) is 15.2. The number of thioether (sulfide) groups is 2. The molecule has 1 aliphatic heterocycles. The first-order chi connectivity index (χ1) is 20.3. The van der Waals surface area contributed by atoms with Gasteiger partial charge in [0.2, 0.25) is 0 Å². The standard InChI is InChI=1S/C30H44N2O9S2/c1-19(2)26(34)38-11-9-31-28(36)40-17-30(6,18-41-29(37)32-10-12-39-27(35)20(3)4)25(33)24-8-7-23(24)22-15-42-13-21(5)14-43-16-22/h22-24H,1,3,5,7-18H2,2,4,6H3,(H,31,36)(H,32,37). The van der Waals surface area contributed by atoms with E-state index in [9.17, 15) is 24.0 Å². The lowest BCUT2D eigenvalue weighted by atomic mass is 9.61. The van der Waals surface area contributed by atoms with E-state index in [1.54, 1.807) is 6.92 Å². The summed E-state index contributed by atoms with van der Waals surface area (Å²) >= 11 is 3.69. The Hall–Kier alpha value is -2.93. The van der Waals surface area contributed by atoms with Crippen molar-refractivity contribution in [1.82, 2.24) is 10.6 Å². The summed E-state index contributed by atoms with van der Waals surface area (Å²) in [5.74, 6) is 2.80. The highest BCUT2D eigenvalue weighted by molar-refractivity contribution is 8.01. The Morgan fingerprint density at radius 3 is 1.67 bits per heavy atom. The summed E-state index contributed by atoms with van der Waals surface area (Å²) in [6.07, 6.45) is 0.0612. The number of hydrogen-bond donors (Lipinski definition) is 2. The number of alkyl carbamates (subject to hydrolysis) is 2. The summed E-state index contributed by atoms with van der Waals surface area (Å²) < 4.78 is 20.7. The highest BCUT2D eigenvalue weighted by Gasteiger charge is 2.48. The molecule has 2 N–H and O–H groups in total. The average Bonchev–Trinajstić information content (AvgIpc) is 2.92. The molecule has 43 heavy (non-hydrogen) atoms. The second kappa shape index (κ2) is 18.0. The summed E-state index contributed by atoms with van der Waals surface area (Å²) in [5, 5.41) is 4.96. The predicted octanol–water partition coefficient (Wildman–Crippen LogP) is 3.93. The van der Waals surface area contributed by atoms with Crippen LogP contribution >= 0.6 is 23.5 Å². The molecule has 0 aromatic carbocycles. The molecule has 1 saturated carbocycles. The van der Waals surface area contributed by atoms with Crippen LogP contribution in [0.5, 0.6) is 0 Å². The minimum absolute atomic E-state index is 0.00546. The number of carbonyl (C=O) groups excluding carboxylic acids is 5. The number of hydrogen-bond acceptors (Lipinski definition) is 11. The maximum atomic E-state index is 13.9.